The molecule has 300 valence electrons. The first-order valence-electron chi connectivity index (χ1n) is 21.8. The fourth-order valence-electron chi connectivity index (χ4n) is 9.54. The molecule has 1 heterocycles. The maximum absolute atomic E-state index is 2.49. The third kappa shape index (κ3) is 6.66. The maximum atomic E-state index is 2.49. The topological polar surface area (TPSA) is 8.17 Å². The average molecular weight is 791 g/mol. The predicted octanol–water partition coefficient (Wildman–Crippen LogP) is 16.5. The molecule has 0 fully saturated rings. The molecule has 0 atom stereocenters. The van der Waals surface area contributed by atoms with E-state index in [1.54, 1.807) is 0 Å². The monoisotopic (exact) mass is 790 g/mol. The van der Waals surface area contributed by atoms with Gasteiger partial charge in [0.25, 0.3) is 0 Å². The fourth-order valence-corrected chi connectivity index (χ4v) is 9.54. The molecule has 2 heteroatoms. The first-order chi connectivity index (χ1) is 29.3. The van der Waals surface area contributed by atoms with Gasteiger partial charge in [0.1, 0.15) is 0 Å². The Morgan fingerprint density at radius 1 is 0.393 bits per heavy atom. The Hall–Kier alpha value is -6.64. The number of nitrogens with zero attached hydrogens (tertiary/aromatic N) is 2. The number of aromatic nitrogens is 1. The molecule has 0 bridgehead atoms. The maximum Gasteiger partial charge on any atom is 0.0541 e. The Labute approximate surface area is 361 Å². The number of fused-ring (bicyclic) bond motifs is 6. The molecule has 1 aromatic heterocycles. The zero-order valence-corrected chi connectivity index (χ0v) is 36.7. The van der Waals surface area contributed by atoms with E-state index in [1.165, 1.54) is 83.1 Å². The summed E-state index contributed by atoms with van der Waals surface area (Å²) >= 11 is 0. The lowest BCUT2D eigenvalue weighted by atomic mass is 9.82. The molecule has 2 nitrogen and oxygen atoms in total. The van der Waals surface area contributed by atoms with Gasteiger partial charge in [-0.3, -0.25) is 0 Å². The van der Waals surface area contributed by atoms with Crippen LogP contribution in [0.15, 0.2) is 182 Å². The van der Waals surface area contributed by atoms with Gasteiger partial charge in [-0.15, -0.1) is 0 Å². The molecular weight excluding hydrogens is 737 g/mol. The van der Waals surface area contributed by atoms with E-state index in [2.05, 4.69) is 247 Å². The van der Waals surface area contributed by atoms with Gasteiger partial charge in [-0.2, -0.15) is 0 Å². The lowest BCUT2D eigenvalue weighted by Crippen LogP contribution is -2.17. The standard InChI is InChI=1S/C59H54N2/c1-57(2,3)43-25-33-55-51(35-43)52-36-44(58(4,5)6)26-34-56(52)61(55)48-30-32-50-49-31-29-47(37-53(49)59(7,8)54(50)38-48)60(45-17-13-10-14-18-45)46-27-23-42(24-28-46)41-21-19-40(20-22-41)39-15-11-9-12-16-39/h9-38H,1-8H3. The Morgan fingerprint density at radius 2 is 0.820 bits per heavy atom. The molecule has 8 aromatic carbocycles. The predicted molar refractivity (Wildman–Crippen MR) is 261 cm³/mol. The molecule has 0 saturated heterocycles. The molecule has 0 spiro atoms. The summed E-state index contributed by atoms with van der Waals surface area (Å²) in [5.41, 5.74) is 19.9. The van der Waals surface area contributed by atoms with Gasteiger partial charge in [0.2, 0.25) is 0 Å². The summed E-state index contributed by atoms with van der Waals surface area (Å²) in [6, 6.07) is 67.7. The summed E-state index contributed by atoms with van der Waals surface area (Å²) in [5.74, 6) is 0. The van der Waals surface area contributed by atoms with E-state index in [0.29, 0.717) is 0 Å². The summed E-state index contributed by atoms with van der Waals surface area (Å²) in [5, 5.41) is 2.63. The molecule has 61 heavy (non-hydrogen) atoms. The normalized spacial score (nSPS) is 13.4. The summed E-state index contributed by atoms with van der Waals surface area (Å²) in [7, 11) is 0. The molecular formula is C59H54N2. The van der Waals surface area contributed by atoms with Crippen LogP contribution in [0.1, 0.15) is 77.6 Å². The summed E-state index contributed by atoms with van der Waals surface area (Å²) in [6.07, 6.45) is 0. The average Bonchev–Trinajstić information content (AvgIpc) is 3.71. The molecule has 1 aliphatic rings. The highest BCUT2D eigenvalue weighted by atomic mass is 15.1. The van der Waals surface area contributed by atoms with Gasteiger partial charge in [-0.05, 0) is 139 Å². The zero-order chi connectivity index (χ0) is 42.3. The van der Waals surface area contributed by atoms with E-state index in [1.807, 2.05) is 0 Å². The Morgan fingerprint density at radius 3 is 1.34 bits per heavy atom. The van der Waals surface area contributed by atoms with Crippen molar-refractivity contribution >= 4 is 38.9 Å². The minimum absolute atomic E-state index is 0.0575. The number of hydrogen-bond acceptors (Lipinski definition) is 1. The number of hydrogen-bond donors (Lipinski definition) is 0. The van der Waals surface area contributed by atoms with Crippen LogP contribution in [-0.2, 0) is 16.2 Å². The van der Waals surface area contributed by atoms with Crippen LogP contribution in [0.25, 0.3) is 60.9 Å². The van der Waals surface area contributed by atoms with Crippen molar-refractivity contribution in [3.8, 4) is 39.1 Å². The van der Waals surface area contributed by atoms with Crippen LogP contribution >= 0.6 is 0 Å². The van der Waals surface area contributed by atoms with Gasteiger partial charge in [-0.25, -0.2) is 0 Å². The number of rotatable bonds is 6. The molecule has 0 radical (unpaired) electrons. The van der Waals surface area contributed by atoms with Crippen molar-refractivity contribution in [1.82, 2.24) is 4.57 Å². The van der Waals surface area contributed by atoms with Crippen molar-refractivity contribution in [2.24, 2.45) is 0 Å². The zero-order valence-electron chi connectivity index (χ0n) is 36.7. The van der Waals surface area contributed by atoms with Crippen LogP contribution in [-0.4, -0.2) is 4.57 Å². The molecule has 0 N–H and O–H groups in total. The SMILES string of the molecule is CC(C)(C)c1ccc2c(c1)c1cc(C(C)(C)C)ccc1n2-c1ccc2c(c1)C(C)(C)c1cc(N(c3ccccc3)c3ccc(-c4ccc(-c5ccccc5)cc4)cc3)ccc1-2. The van der Waals surface area contributed by atoms with Gasteiger partial charge >= 0.3 is 0 Å². The molecule has 0 amide bonds. The van der Waals surface area contributed by atoms with Crippen molar-refractivity contribution in [3.63, 3.8) is 0 Å². The highest BCUT2D eigenvalue weighted by Crippen LogP contribution is 2.52. The van der Waals surface area contributed by atoms with Crippen molar-refractivity contribution in [2.75, 3.05) is 4.90 Å². The molecule has 10 rings (SSSR count). The second-order valence-electron chi connectivity index (χ2n) is 19.5. The highest BCUT2D eigenvalue weighted by Gasteiger charge is 2.37. The fraction of sp³-hybridized carbons (Fsp3) is 0.186. The number of benzene rings is 8. The van der Waals surface area contributed by atoms with Gasteiger partial charge in [-0.1, -0.05) is 165 Å². The van der Waals surface area contributed by atoms with E-state index in [9.17, 15) is 0 Å². The largest absolute Gasteiger partial charge is 0.310 e. The van der Waals surface area contributed by atoms with E-state index in [0.717, 1.165) is 17.1 Å². The van der Waals surface area contributed by atoms with E-state index in [-0.39, 0.29) is 16.2 Å². The van der Waals surface area contributed by atoms with E-state index >= 15 is 0 Å². The first kappa shape index (κ1) is 38.6. The van der Waals surface area contributed by atoms with Crippen LogP contribution in [0.5, 0.6) is 0 Å². The van der Waals surface area contributed by atoms with Crippen LogP contribution in [0.3, 0.4) is 0 Å². The second kappa shape index (κ2) is 14.2. The van der Waals surface area contributed by atoms with Crippen molar-refractivity contribution in [2.45, 2.75) is 71.6 Å². The van der Waals surface area contributed by atoms with Crippen LogP contribution < -0.4 is 4.90 Å². The first-order valence-corrected chi connectivity index (χ1v) is 21.8. The molecule has 0 unspecified atom stereocenters. The lowest BCUT2D eigenvalue weighted by molar-refractivity contribution is 0.590. The summed E-state index contributed by atoms with van der Waals surface area (Å²) in [4.78, 5) is 2.39. The molecule has 9 aromatic rings. The second-order valence-corrected chi connectivity index (χ2v) is 19.5. The van der Waals surface area contributed by atoms with Crippen LogP contribution in [0.2, 0.25) is 0 Å². The third-order valence-electron chi connectivity index (χ3n) is 13.1. The molecule has 0 saturated carbocycles. The van der Waals surface area contributed by atoms with Crippen molar-refractivity contribution in [1.29, 1.82) is 0 Å². The van der Waals surface area contributed by atoms with Crippen molar-refractivity contribution in [3.05, 3.63) is 204 Å². The molecule has 0 aliphatic heterocycles. The molecule has 1 aliphatic carbocycles. The third-order valence-corrected chi connectivity index (χ3v) is 13.1. The van der Waals surface area contributed by atoms with Gasteiger partial charge in [0, 0.05) is 38.9 Å². The lowest BCUT2D eigenvalue weighted by Gasteiger charge is -2.28. The smallest absolute Gasteiger partial charge is 0.0541 e. The Kier molecular flexibility index (Phi) is 9.00. The summed E-state index contributed by atoms with van der Waals surface area (Å²) < 4.78 is 2.49. The van der Waals surface area contributed by atoms with Gasteiger partial charge in [0.15, 0.2) is 0 Å². The minimum Gasteiger partial charge on any atom is -0.310 e. The summed E-state index contributed by atoms with van der Waals surface area (Å²) in [6.45, 7) is 18.6. The van der Waals surface area contributed by atoms with Gasteiger partial charge in [0.05, 0.1) is 11.0 Å². The Balaban J connectivity index is 1.03. The van der Waals surface area contributed by atoms with Crippen LogP contribution in [0, 0.1) is 0 Å². The Bertz CT molecular complexity index is 3010. The number of para-hydroxylation sites is 1. The van der Waals surface area contributed by atoms with E-state index in [4.69, 9.17) is 0 Å². The van der Waals surface area contributed by atoms with Crippen LogP contribution in [0.4, 0.5) is 17.1 Å². The quantitative estimate of drug-likeness (QED) is 0.163. The highest BCUT2D eigenvalue weighted by molar-refractivity contribution is 6.10. The van der Waals surface area contributed by atoms with Crippen molar-refractivity contribution < 1.29 is 0 Å². The van der Waals surface area contributed by atoms with E-state index < -0.39 is 0 Å². The van der Waals surface area contributed by atoms with Gasteiger partial charge < -0.3 is 9.47 Å². The minimum atomic E-state index is -0.216. The number of anilines is 3.